The summed E-state index contributed by atoms with van der Waals surface area (Å²) in [6.07, 6.45) is 2.33. The zero-order valence-corrected chi connectivity index (χ0v) is 11.7. The lowest BCUT2D eigenvalue weighted by Crippen LogP contribution is -2.24. The molecule has 2 N–H and O–H groups in total. The van der Waals surface area contributed by atoms with Crippen LogP contribution in [-0.2, 0) is 0 Å². The van der Waals surface area contributed by atoms with Crippen molar-refractivity contribution < 1.29 is 9.90 Å². The molecule has 2 rings (SSSR count). The van der Waals surface area contributed by atoms with Gasteiger partial charge in [-0.2, -0.15) is 11.8 Å². The number of aromatic carboxylic acids is 1. The maximum atomic E-state index is 10.8. The Labute approximate surface area is 113 Å². The van der Waals surface area contributed by atoms with Gasteiger partial charge in [-0.05, 0) is 58.5 Å². The summed E-state index contributed by atoms with van der Waals surface area (Å²) >= 11 is 5.40. The van der Waals surface area contributed by atoms with Gasteiger partial charge in [0, 0.05) is 16.2 Å². The third-order valence-electron chi connectivity index (χ3n) is 2.80. The van der Waals surface area contributed by atoms with E-state index in [4.69, 9.17) is 5.11 Å². The minimum Gasteiger partial charge on any atom is -0.478 e. The Morgan fingerprint density at radius 2 is 2.12 bits per heavy atom. The van der Waals surface area contributed by atoms with E-state index in [1.54, 1.807) is 12.1 Å². The molecular formula is C12H14BrNO2S. The molecule has 0 radical (unpaired) electrons. The van der Waals surface area contributed by atoms with Crippen LogP contribution in [-0.4, -0.2) is 28.6 Å². The Kier molecular flexibility index (Phi) is 4.34. The van der Waals surface area contributed by atoms with Gasteiger partial charge in [0.05, 0.1) is 5.56 Å². The van der Waals surface area contributed by atoms with E-state index in [0.29, 0.717) is 11.6 Å². The zero-order valence-electron chi connectivity index (χ0n) is 9.28. The molecule has 0 amide bonds. The second kappa shape index (κ2) is 5.78. The van der Waals surface area contributed by atoms with Crippen LogP contribution in [0.2, 0.25) is 0 Å². The van der Waals surface area contributed by atoms with E-state index in [9.17, 15) is 4.79 Å². The fraction of sp³-hybridized carbons (Fsp3) is 0.417. The van der Waals surface area contributed by atoms with Crippen molar-refractivity contribution in [1.82, 2.24) is 0 Å². The number of hydrogen-bond donors (Lipinski definition) is 2. The summed E-state index contributed by atoms with van der Waals surface area (Å²) in [5.74, 6) is 1.50. The largest absolute Gasteiger partial charge is 0.478 e. The summed E-state index contributed by atoms with van der Waals surface area (Å²) in [6.45, 7) is 0. The molecule has 92 valence electrons. The Bertz CT molecular complexity index is 419. The highest BCUT2D eigenvalue weighted by atomic mass is 79.9. The summed E-state index contributed by atoms with van der Waals surface area (Å²) < 4.78 is 0.815. The number of thioether (sulfide) groups is 1. The molecule has 0 spiro atoms. The molecule has 1 heterocycles. The Morgan fingerprint density at radius 3 is 2.71 bits per heavy atom. The molecule has 3 nitrogen and oxygen atoms in total. The zero-order chi connectivity index (χ0) is 12.3. The van der Waals surface area contributed by atoms with Gasteiger partial charge in [-0.1, -0.05) is 0 Å². The highest BCUT2D eigenvalue weighted by molar-refractivity contribution is 9.10. The molecule has 1 aromatic carbocycles. The fourth-order valence-electron chi connectivity index (χ4n) is 1.83. The Morgan fingerprint density at radius 1 is 1.41 bits per heavy atom. The van der Waals surface area contributed by atoms with Gasteiger partial charge in [0.25, 0.3) is 0 Å². The van der Waals surface area contributed by atoms with Crippen molar-refractivity contribution in [2.75, 3.05) is 16.8 Å². The monoisotopic (exact) mass is 315 g/mol. The molecule has 1 aliphatic rings. The molecule has 1 saturated heterocycles. The number of halogens is 1. The second-order valence-corrected chi connectivity index (χ2v) is 6.11. The summed E-state index contributed by atoms with van der Waals surface area (Å²) in [6, 6.07) is 5.60. The summed E-state index contributed by atoms with van der Waals surface area (Å²) in [4.78, 5) is 10.8. The smallest absolute Gasteiger partial charge is 0.335 e. The molecule has 0 atom stereocenters. The first-order valence-electron chi connectivity index (χ1n) is 5.54. The molecule has 5 heteroatoms. The van der Waals surface area contributed by atoms with E-state index in [1.165, 1.54) is 11.5 Å². The molecule has 0 saturated carbocycles. The highest BCUT2D eigenvalue weighted by Crippen LogP contribution is 2.27. The van der Waals surface area contributed by atoms with Gasteiger partial charge in [-0.15, -0.1) is 0 Å². The van der Waals surface area contributed by atoms with E-state index in [2.05, 4.69) is 21.2 Å². The lowest BCUT2D eigenvalue weighted by atomic mass is 10.1. The van der Waals surface area contributed by atoms with Crippen LogP contribution in [0.5, 0.6) is 0 Å². The van der Waals surface area contributed by atoms with Crippen LogP contribution in [0.15, 0.2) is 22.7 Å². The lowest BCUT2D eigenvalue weighted by Gasteiger charge is -2.24. The van der Waals surface area contributed by atoms with Crippen LogP contribution in [0.1, 0.15) is 23.2 Å². The van der Waals surface area contributed by atoms with E-state index in [0.717, 1.165) is 23.0 Å². The van der Waals surface area contributed by atoms with Gasteiger partial charge in [-0.3, -0.25) is 0 Å². The van der Waals surface area contributed by atoms with Crippen molar-refractivity contribution in [1.29, 1.82) is 0 Å². The van der Waals surface area contributed by atoms with Gasteiger partial charge < -0.3 is 10.4 Å². The minimum absolute atomic E-state index is 0.307. The number of nitrogens with one attached hydrogen (secondary N) is 1. The molecule has 0 bridgehead atoms. The average Bonchev–Trinajstić information content (AvgIpc) is 2.33. The molecule has 1 fully saturated rings. The quantitative estimate of drug-likeness (QED) is 0.897. The van der Waals surface area contributed by atoms with Crippen LogP contribution in [0.3, 0.4) is 0 Å². The van der Waals surface area contributed by atoms with Crippen LogP contribution < -0.4 is 5.32 Å². The SMILES string of the molecule is O=C(O)c1ccc(NC2CCSCC2)c(Br)c1. The number of carboxylic acids is 1. The van der Waals surface area contributed by atoms with Gasteiger partial charge in [0.15, 0.2) is 0 Å². The predicted octanol–water partition coefficient (Wildman–Crippen LogP) is 3.45. The van der Waals surface area contributed by atoms with Gasteiger partial charge in [0.2, 0.25) is 0 Å². The summed E-state index contributed by atoms with van der Waals surface area (Å²) in [5, 5.41) is 12.3. The van der Waals surface area contributed by atoms with Gasteiger partial charge in [-0.25, -0.2) is 4.79 Å². The molecule has 1 aliphatic heterocycles. The van der Waals surface area contributed by atoms with Crippen LogP contribution in [0.4, 0.5) is 5.69 Å². The Balaban J connectivity index is 2.08. The van der Waals surface area contributed by atoms with Crippen molar-refractivity contribution >= 4 is 39.3 Å². The van der Waals surface area contributed by atoms with Crippen molar-refractivity contribution in [3.8, 4) is 0 Å². The fourth-order valence-corrected chi connectivity index (χ4v) is 3.43. The van der Waals surface area contributed by atoms with Gasteiger partial charge in [0.1, 0.15) is 0 Å². The highest BCUT2D eigenvalue weighted by Gasteiger charge is 2.15. The lowest BCUT2D eigenvalue weighted by molar-refractivity contribution is 0.0697. The summed E-state index contributed by atoms with van der Waals surface area (Å²) in [7, 11) is 0. The maximum absolute atomic E-state index is 10.8. The van der Waals surface area contributed by atoms with E-state index in [-0.39, 0.29) is 0 Å². The first kappa shape index (κ1) is 12.8. The van der Waals surface area contributed by atoms with Crippen LogP contribution in [0.25, 0.3) is 0 Å². The minimum atomic E-state index is -0.897. The van der Waals surface area contributed by atoms with Crippen molar-refractivity contribution in [3.05, 3.63) is 28.2 Å². The number of carboxylic acid groups (broad SMARTS) is 1. The van der Waals surface area contributed by atoms with Crippen LogP contribution >= 0.6 is 27.7 Å². The number of carbonyl (C=O) groups is 1. The molecule has 0 unspecified atom stereocenters. The molecule has 17 heavy (non-hydrogen) atoms. The normalized spacial score (nSPS) is 16.8. The van der Waals surface area contributed by atoms with E-state index >= 15 is 0 Å². The number of benzene rings is 1. The third-order valence-corrected chi connectivity index (χ3v) is 4.50. The second-order valence-electron chi connectivity index (χ2n) is 4.03. The van der Waals surface area contributed by atoms with Crippen LogP contribution in [0, 0.1) is 0 Å². The first-order valence-corrected chi connectivity index (χ1v) is 7.48. The first-order chi connectivity index (χ1) is 8.16. The molecular weight excluding hydrogens is 302 g/mol. The maximum Gasteiger partial charge on any atom is 0.335 e. The third kappa shape index (κ3) is 3.39. The predicted molar refractivity (Wildman–Crippen MR) is 75.1 cm³/mol. The number of anilines is 1. The van der Waals surface area contributed by atoms with E-state index < -0.39 is 5.97 Å². The molecule has 0 aliphatic carbocycles. The van der Waals surface area contributed by atoms with Gasteiger partial charge >= 0.3 is 5.97 Å². The summed E-state index contributed by atoms with van der Waals surface area (Å²) in [5.41, 5.74) is 1.29. The average molecular weight is 316 g/mol. The van der Waals surface area contributed by atoms with Crippen molar-refractivity contribution in [2.45, 2.75) is 18.9 Å². The number of rotatable bonds is 3. The Hall–Kier alpha value is -0.680. The van der Waals surface area contributed by atoms with E-state index in [1.807, 2.05) is 17.8 Å². The molecule has 0 aromatic heterocycles. The van der Waals surface area contributed by atoms with Crippen molar-refractivity contribution in [3.63, 3.8) is 0 Å². The standard InChI is InChI=1S/C12H14BrNO2S/c13-10-7-8(12(15)16)1-2-11(10)14-9-3-5-17-6-4-9/h1-2,7,9,14H,3-6H2,(H,15,16). The number of hydrogen-bond acceptors (Lipinski definition) is 3. The topological polar surface area (TPSA) is 49.3 Å². The van der Waals surface area contributed by atoms with Crippen molar-refractivity contribution in [2.24, 2.45) is 0 Å². The molecule has 1 aromatic rings.